The fourth-order valence-electron chi connectivity index (χ4n) is 3.63. The predicted octanol–water partition coefficient (Wildman–Crippen LogP) is 0.122. The second-order valence-corrected chi connectivity index (χ2v) is 6.78. The van der Waals surface area contributed by atoms with Crippen LogP contribution in [0.4, 0.5) is 11.4 Å². The Bertz CT molecular complexity index is 1020. The van der Waals surface area contributed by atoms with Gasteiger partial charge in [-0.1, -0.05) is 6.07 Å². The number of carboxylic acid groups (broad SMARTS) is 1. The van der Waals surface area contributed by atoms with Gasteiger partial charge in [-0.15, -0.1) is 0 Å². The zero-order valence-electron chi connectivity index (χ0n) is 15.0. The number of carboxylic acids is 1. The minimum Gasteiger partial charge on any atom is -0.489 e. The average Bonchev–Trinajstić information content (AvgIpc) is 3.07. The molecular weight excluding hydrogens is 384 g/mol. The highest BCUT2D eigenvalue weighted by Crippen LogP contribution is 2.34. The number of nitrogens with zero attached hydrogens (tertiary/aromatic N) is 3. The second-order valence-electron chi connectivity index (χ2n) is 6.78. The van der Waals surface area contributed by atoms with Gasteiger partial charge in [0.15, 0.2) is 11.5 Å². The lowest BCUT2D eigenvalue weighted by Gasteiger charge is -2.47. The summed E-state index contributed by atoms with van der Waals surface area (Å²) in [4.78, 5) is 49.3. The zero-order valence-corrected chi connectivity index (χ0v) is 15.0. The SMILES string of the molecule is N[C@@H]1C(=O)N2C(C(=O)O)=C(/C=C3\CCN(c4cccc([N+](=O)[O-])c4)C3=O)OC[C@H]12. The number of anilines is 1. The summed E-state index contributed by atoms with van der Waals surface area (Å²) in [6, 6.07) is 4.33. The molecule has 2 amide bonds. The maximum Gasteiger partial charge on any atom is 0.356 e. The third kappa shape index (κ3) is 2.91. The molecule has 2 saturated heterocycles. The number of allylic oxidation sites excluding steroid dienone is 1. The fourth-order valence-corrected chi connectivity index (χ4v) is 3.63. The molecule has 0 spiro atoms. The zero-order chi connectivity index (χ0) is 20.9. The molecular formula is C18H16N4O7. The highest BCUT2D eigenvalue weighted by Gasteiger charge is 2.52. The number of hydrogen-bond donors (Lipinski definition) is 2. The van der Waals surface area contributed by atoms with Gasteiger partial charge in [0, 0.05) is 24.3 Å². The highest BCUT2D eigenvalue weighted by molar-refractivity contribution is 6.09. The summed E-state index contributed by atoms with van der Waals surface area (Å²) in [5, 5.41) is 20.5. The van der Waals surface area contributed by atoms with Gasteiger partial charge in [0.25, 0.3) is 11.6 Å². The van der Waals surface area contributed by atoms with Crippen molar-refractivity contribution in [3.05, 3.63) is 57.5 Å². The fraction of sp³-hybridized carbons (Fsp3) is 0.278. The minimum absolute atomic E-state index is 0.0333. The van der Waals surface area contributed by atoms with E-state index in [1.54, 1.807) is 6.07 Å². The van der Waals surface area contributed by atoms with Crippen LogP contribution in [0.5, 0.6) is 0 Å². The number of rotatable bonds is 4. The molecule has 3 aliphatic heterocycles. The lowest BCUT2D eigenvalue weighted by Crippen LogP contribution is -2.71. The van der Waals surface area contributed by atoms with E-state index in [0.29, 0.717) is 5.69 Å². The molecule has 1 aromatic carbocycles. The highest BCUT2D eigenvalue weighted by atomic mass is 16.6. The van der Waals surface area contributed by atoms with Crippen molar-refractivity contribution in [3.63, 3.8) is 0 Å². The lowest BCUT2D eigenvalue weighted by atomic mass is 9.93. The molecule has 0 aromatic heterocycles. The van der Waals surface area contributed by atoms with Gasteiger partial charge < -0.3 is 20.5 Å². The molecule has 11 nitrogen and oxygen atoms in total. The molecule has 0 saturated carbocycles. The van der Waals surface area contributed by atoms with Crippen LogP contribution < -0.4 is 10.6 Å². The quantitative estimate of drug-likeness (QED) is 0.312. The second kappa shape index (κ2) is 6.71. The minimum atomic E-state index is -1.36. The number of nitro groups is 1. The molecule has 150 valence electrons. The van der Waals surface area contributed by atoms with E-state index in [2.05, 4.69) is 0 Å². The van der Waals surface area contributed by atoms with Gasteiger partial charge in [0.1, 0.15) is 12.6 Å². The van der Waals surface area contributed by atoms with Gasteiger partial charge in [-0.05, 0) is 18.6 Å². The molecule has 11 heteroatoms. The van der Waals surface area contributed by atoms with Crippen molar-refractivity contribution in [1.82, 2.24) is 4.90 Å². The van der Waals surface area contributed by atoms with E-state index < -0.39 is 34.8 Å². The number of ether oxygens (including phenoxy) is 1. The number of hydrogen-bond acceptors (Lipinski definition) is 7. The smallest absolute Gasteiger partial charge is 0.356 e. The summed E-state index contributed by atoms with van der Waals surface area (Å²) < 4.78 is 5.49. The van der Waals surface area contributed by atoms with Crippen LogP contribution in [0.25, 0.3) is 0 Å². The van der Waals surface area contributed by atoms with Gasteiger partial charge >= 0.3 is 5.97 Å². The Labute approximate surface area is 163 Å². The van der Waals surface area contributed by atoms with Crippen molar-refractivity contribution in [2.24, 2.45) is 5.73 Å². The summed E-state index contributed by atoms with van der Waals surface area (Å²) in [6.45, 7) is 0.309. The number of fused-ring (bicyclic) bond motifs is 1. The van der Waals surface area contributed by atoms with Crippen molar-refractivity contribution in [2.45, 2.75) is 18.5 Å². The Morgan fingerprint density at radius 1 is 1.38 bits per heavy atom. The molecule has 1 aromatic rings. The molecule has 29 heavy (non-hydrogen) atoms. The van der Waals surface area contributed by atoms with E-state index in [1.165, 1.54) is 29.2 Å². The van der Waals surface area contributed by atoms with E-state index in [4.69, 9.17) is 10.5 Å². The molecule has 2 atom stereocenters. The van der Waals surface area contributed by atoms with Crippen LogP contribution in [0.15, 0.2) is 47.4 Å². The van der Waals surface area contributed by atoms with Gasteiger partial charge in [0.05, 0.1) is 16.7 Å². The number of nitro benzene ring substituents is 1. The van der Waals surface area contributed by atoms with E-state index in [9.17, 15) is 29.6 Å². The Morgan fingerprint density at radius 3 is 2.83 bits per heavy atom. The lowest BCUT2D eigenvalue weighted by molar-refractivity contribution is -0.384. The predicted molar refractivity (Wildman–Crippen MR) is 97.4 cm³/mol. The van der Waals surface area contributed by atoms with E-state index in [0.717, 1.165) is 4.90 Å². The summed E-state index contributed by atoms with van der Waals surface area (Å²) in [6.07, 6.45) is 1.61. The van der Waals surface area contributed by atoms with Crippen molar-refractivity contribution >= 4 is 29.2 Å². The monoisotopic (exact) mass is 400 g/mol. The molecule has 3 N–H and O–H groups in total. The first kappa shape index (κ1) is 18.6. The van der Waals surface area contributed by atoms with Crippen LogP contribution in [-0.2, 0) is 19.1 Å². The molecule has 3 heterocycles. The molecule has 3 aliphatic rings. The molecule has 4 rings (SSSR count). The Kier molecular flexibility index (Phi) is 4.31. The summed E-state index contributed by atoms with van der Waals surface area (Å²) in [5.74, 6) is -2.37. The largest absolute Gasteiger partial charge is 0.489 e. The van der Waals surface area contributed by atoms with E-state index >= 15 is 0 Å². The molecule has 0 radical (unpaired) electrons. The first-order valence-corrected chi connectivity index (χ1v) is 8.75. The normalized spacial score (nSPS) is 25.1. The maximum absolute atomic E-state index is 12.8. The Hall–Kier alpha value is -3.73. The van der Waals surface area contributed by atoms with Crippen molar-refractivity contribution in [2.75, 3.05) is 18.1 Å². The number of carbonyl (C=O) groups is 3. The summed E-state index contributed by atoms with van der Waals surface area (Å²) in [5.41, 5.74) is 5.84. The third-order valence-corrected chi connectivity index (χ3v) is 5.14. The standard InChI is InChI=1S/C18H16N4O7/c19-14-12-8-29-13(15(18(25)26)21(12)17(14)24)6-9-4-5-20(16(9)23)10-2-1-3-11(7-10)22(27)28/h1-3,6-7,12,14H,4-5,8,19H2,(H,25,26)/b9-6+/t12-,14+/m1/s1. The van der Waals surface area contributed by atoms with Gasteiger partial charge in [-0.3, -0.25) is 24.6 Å². The molecule has 0 aliphatic carbocycles. The van der Waals surface area contributed by atoms with E-state index in [-0.39, 0.29) is 42.3 Å². The van der Waals surface area contributed by atoms with Crippen LogP contribution in [0, 0.1) is 10.1 Å². The summed E-state index contributed by atoms with van der Waals surface area (Å²) >= 11 is 0. The summed E-state index contributed by atoms with van der Waals surface area (Å²) in [7, 11) is 0. The number of non-ortho nitro benzene ring substituents is 1. The van der Waals surface area contributed by atoms with Crippen LogP contribution in [0.1, 0.15) is 6.42 Å². The number of benzene rings is 1. The molecule has 2 fully saturated rings. The first-order chi connectivity index (χ1) is 13.8. The number of aliphatic carboxylic acids is 1. The van der Waals surface area contributed by atoms with Crippen LogP contribution in [-0.4, -0.2) is 57.9 Å². The number of β-lactam (4-membered cyclic amide) rings is 1. The average molecular weight is 400 g/mol. The molecule has 0 unspecified atom stereocenters. The van der Waals surface area contributed by atoms with Crippen LogP contribution in [0.3, 0.4) is 0 Å². The molecule has 0 bridgehead atoms. The maximum atomic E-state index is 12.8. The Morgan fingerprint density at radius 2 is 2.14 bits per heavy atom. The van der Waals surface area contributed by atoms with E-state index in [1.807, 2.05) is 0 Å². The number of nitrogens with two attached hydrogens (primary N) is 1. The Balaban J connectivity index is 1.64. The van der Waals surface area contributed by atoms with Gasteiger partial charge in [-0.2, -0.15) is 0 Å². The van der Waals surface area contributed by atoms with Gasteiger partial charge in [-0.25, -0.2) is 4.79 Å². The number of carbonyl (C=O) groups excluding carboxylic acids is 2. The topological polar surface area (TPSA) is 156 Å². The van der Waals surface area contributed by atoms with Crippen LogP contribution >= 0.6 is 0 Å². The number of amides is 2. The first-order valence-electron chi connectivity index (χ1n) is 8.75. The van der Waals surface area contributed by atoms with Gasteiger partial charge in [0.2, 0.25) is 5.91 Å². The van der Waals surface area contributed by atoms with Crippen LogP contribution in [0.2, 0.25) is 0 Å². The third-order valence-electron chi connectivity index (χ3n) is 5.14. The van der Waals surface area contributed by atoms with Crippen molar-refractivity contribution < 1.29 is 29.2 Å². The van der Waals surface area contributed by atoms with Crippen molar-refractivity contribution in [3.8, 4) is 0 Å². The van der Waals surface area contributed by atoms with Crippen molar-refractivity contribution in [1.29, 1.82) is 0 Å².